The zero-order valence-electron chi connectivity index (χ0n) is 13.5. The summed E-state index contributed by atoms with van der Waals surface area (Å²) in [5, 5.41) is 0. The Bertz CT molecular complexity index is 754. The van der Waals surface area contributed by atoms with Gasteiger partial charge in [0.2, 0.25) is 0 Å². The molecule has 2 aromatic rings. The van der Waals surface area contributed by atoms with Crippen LogP contribution in [0.4, 0.5) is 13.2 Å². The van der Waals surface area contributed by atoms with E-state index in [0.29, 0.717) is 12.6 Å². The van der Waals surface area contributed by atoms with Crippen LogP contribution in [0.3, 0.4) is 0 Å². The van der Waals surface area contributed by atoms with Crippen LogP contribution in [0, 0.1) is 5.92 Å². The van der Waals surface area contributed by atoms with Gasteiger partial charge in [0.25, 0.3) is 5.56 Å². The SMILES string of the molecule is O=c1cc(C(F)(F)F)ncn1CC1CCN(Cc2cncnc2)CC1. The largest absolute Gasteiger partial charge is 0.433 e. The van der Waals surface area contributed by atoms with E-state index in [2.05, 4.69) is 19.9 Å². The van der Waals surface area contributed by atoms with E-state index in [1.54, 1.807) is 12.4 Å². The molecular formula is C16H18F3N5O. The van der Waals surface area contributed by atoms with Gasteiger partial charge in [0.15, 0.2) is 5.69 Å². The highest BCUT2D eigenvalue weighted by Gasteiger charge is 2.33. The minimum absolute atomic E-state index is 0.250. The van der Waals surface area contributed by atoms with E-state index in [0.717, 1.165) is 44.4 Å². The van der Waals surface area contributed by atoms with Crippen molar-refractivity contribution >= 4 is 0 Å². The van der Waals surface area contributed by atoms with Gasteiger partial charge in [0, 0.05) is 37.1 Å². The second-order valence-corrected chi connectivity index (χ2v) is 6.23. The van der Waals surface area contributed by atoms with Crippen LogP contribution in [-0.2, 0) is 19.3 Å². The Balaban J connectivity index is 1.55. The summed E-state index contributed by atoms with van der Waals surface area (Å²) in [6, 6.07) is 0.560. The van der Waals surface area contributed by atoms with Crippen LogP contribution in [0.15, 0.2) is 35.9 Å². The second kappa shape index (κ2) is 7.30. The van der Waals surface area contributed by atoms with Crippen LogP contribution in [0.1, 0.15) is 24.1 Å². The number of alkyl halides is 3. The average molecular weight is 353 g/mol. The van der Waals surface area contributed by atoms with E-state index in [9.17, 15) is 18.0 Å². The first-order valence-electron chi connectivity index (χ1n) is 8.02. The van der Waals surface area contributed by atoms with Gasteiger partial charge in [-0.15, -0.1) is 0 Å². The number of halogens is 3. The van der Waals surface area contributed by atoms with Gasteiger partial charge in [-0.2, -0.15) is 13.2 Å². The summed E-state index contributed by atoms with van der Waals surface area (Å²) < 4.78 is 38.9. The fourth-order valence-electron chi connectivity index (χ4n) is 2.99. The lowest BCUT2D eigenvalue weighted by molar-refractivity contribution is -0.141. The molecule has 3 heterocycles. The first kappa shape index (κ1) is 17.5. The summed E-state index contributed by atoms with van der Waals surface area (Å²) in [7, 11) is 0. The van der Waals surface area contributed by atoms with Crippen molar-refractivity contribution in [2.45, 2.75) is 32.1 Å². The van der Waals surface area contributed by atoms with E-state index in [1.807, 2.05) is 0 Å². The zero-order chi connectivity index (χ0) is 17.9. The van der Waals surface area contributed by atoms with Gasteiger partial charge in [-0.1, -0.05) is 0 Å². The number of hydrogen-bond donors (Lipinski definition) is 0. The predicted octanol–water partition coefficient (Wildman–Crippen LogP) is 1.96. The Hall–Kier alpha value is -2.29. The van der Waals surface area contributed by atoms with Crippen molar-refractivity contribution < 1.29 is 13.2 Å². The highest BCUT2D eigenvalue weighted by Crippen LogP contribution is 2.26. The highest BCUT2D eigenvalue weighted by molar-refractivity contribution is 5.04. The molecule has 0 aliphatic carbocycles. The van der Waals surface area contributed by atoms with Crippen molar-refractivity contribution in [2.24, 2.45) is 5.92 Å². The Morgan fingerprint density at radius 1 is 1.16 bits per heavy atom. The number of nitrogens with zero attached hydrogens (tertiary/aromatic N) is 5. The van der Waals surface area contributed by atoms with Gasteiger partial charge < -0.3 is 0 Å². The topological polar surface area (TPSA) is 63.9 Å². The summed E-state index contributed by atoms with van der Waals surface area (Å²) in [6.07, 6.45) is 3.22. The summed E-state index contributed by atoms with van der Waals surface area (Å²) >= 11 is 0. The standard InChI is InChI=1S/C16H18F3N5O/c17-16(18,19)14-5-15(25)24(11-22-14)9-12-1-3-23(4-2-12)8-13-6-20-10-21-7-13/h5-7,10-12H,1-4,8-9H2. The van der Waals surface area contributed by atoms with Gasteiger partial charge in [0.1, 0.15) is 6.33 Å². The molecule has 1 aliphatic heterocycles. The van der Waals surface area contributed by atoms with Crippen molar-refractivity contribution in [3.63, 3.8) is 0 Å². The molecule has 0 N–H and O–H groups in total. The molecular weight excluding hydrogens is 335 g/mol. The predicted molar refractivity (Wildman–Crippen MR) is 83.5 cm³/mol. The number of rotatable bonds is 4. The highest BCUT2D eigenvalue weighted by atomic mass is 19.4. The maximum Gasteiger partial charge on any atom is 0.433 e. The molecule has 1 aliphatic rings. The van der Waals surface area contributed by atoms with Crippen LogP contribution >= 0.6 is 0 Å². The molecule has 134 valence electrons. The number of hydrogen-bond acceptors (Lipinski definition) is 5. The Morgan fingerprint density at radius 2 is 1.84 bits per heavy atom. The molecule has 1 fully saturated rings. The maximum absolute atomic E-state index is 12.6. The minimum atomic E-state index is -4.59. The first-order valence-corrected chi connectivity index (χ1v) is 8.02. The normalized spacial score (nSPS) is 16.9. The molecule has 9 heteroatoms. The quantitative estimate of drug-likeness (QED) is 0.841. The van der Waals surface area contributed by atoms with Crippen molar-refractivity contribution in [3.8, 4) is 0 Å². The third-order valence-corrected chi connectivity index (χ3v) is 4.35. The van der Waals surface area contributed by atoms with Crippen molar-refractivity contribution in [1.82, 2.24) is 24.4 Å². The van der Waals surface area contributed by atoms with Crippen LogP contribution in [0.25, 0.3) is 0 Å². The zero-order valence-corrected chi connectivity index (χ0v) is 13.5. The van der Waals surface area contributed by atoms with Gasteiger partial charge in [-0.3, -0.25) is 14.3 Å². The lowest BCUT2D eigenvalue weighted by Crippen LogP contribution is -2.36. The monoisotopic (exact) mass is 353 g/mol. The average Bonchev–Trinajstić information content (AvgIpc) is 2.58. The first-order chi connectivity index (χ1) is 11.9. The number of piperidine rings is 1. The van der Waals surface area contributed by atoms with Gasteiger partial charge in [-0.05, 0) is 31.8 Å². The Labute approximate surface area is 142 Å². The van der Waals surface area contributed by atoms with E-state index in [-0.39, 0.29) is 5.92 Å². The molecule has 0 radical (unpaired) electrons. The van der Waals surface area contributed by atoms with Crippen LogP contribution in [0.2, 0.25) is 0 Å². The molecule has 1 saturated heterocycles. The number of likely N-dealkylation sites (tertiary alicyclic amines) is 1. The second-order valence-electron chi connectivity index (χ2n) is 6.23. The molecule has 0 spiro atoms. The van der Waals surface area contributed by atoms with Crippen molar-refractivity contribution in [1.29, 1.82) is 0 Å². The molecule has 25 heavy (non-hydrogen) atoms. The van der Waals surface area contributed by atoms with Crippen molar-refractivity contribution in [2.75, 3.05) is 13.1 Å². The van der Waals surface area contributed by atoms with Gasteiger partial charge in [-0.25, -0.2) is 15.0 Å². The molecule has 0 aromatic carbocycles. The van der Waals surface area contributed by atoms with E-state index in [4.69, 9.17) is 0 Å². The fraction of sp³-hybridized carbons (Fsp3) is 0.500. The van der Waals surface area contributed by atoms with E-state index >= 15 is 0 Å². The molecule has 2 aromatic heterocycles. The Kier molecular flexibility index (Phi) is 5.12. The third kappa shape index (κ3) is 4.62. The maximum atomic E-state index is 12.6. The van der Waals surface area contributed by atoms with Crippen molar-refractivity contribution in [3.05, 3.63) is 52.7 Å². The van der Waals surface area contributed by atoms with Gasteiger partial charge in [0.05, 0.1) is 6.33 Å². The number of aromatic nitrogens is 4. The summed E-state index contributed by atoms with van der Waals surface area (Å²) in [5.74, 6) is 0.250. The van der Waals surface area contributed by atoms with Crippen LogP contribution in [0.5, 0.6) is 0 Å². The molecule has 0 bridgehead atoms. The lowest BCUT2D eigenvalue weighted by Gasteiger charge is -2.32. The third-order valence-electron chi connectivity index (χ3n) is 4.35. The summed E-state index contributed by atoms with van der Waals surface area (Å²) in [5.41, 5.74) is -0.760. The van der Waals surface area contributed by atoms with E-state index < -0.39 is 17.4 Å². The summed E-state index contributed by atoms with van der Waals surface area (Å²) in [4.78, 5) is 25.5. The Morgan fingerprint density at radius 3 is 2.44 bits per heavy atom. The van der Waals surface area contributed by atoms with Gasteiger partial charge >= 0.3 is 6.18 Å². The summed E-state index contributed by atoms with van der Waals surface area (Å²) in [6.45, 7) is 2.90. The van der Waals surface area contributed by atoms with Crippen LogP contribution in [-0.4, -0.2) is 37.5 Å². The molecule has 0 saturated carbocycles. The minimum Gasteiger partial charge on any atom is -0.299 e. The smallest absolute Gasteiger partial charge is 0.299 e. The molecule has 3 rings (SSSR count). The molecule has 0 atom stereocenters. The van der Waals surface area contributed by atoms with Crippen LogP contribution < -0.4 is 5.56 Å². The lowest BCUT2D eigenvalue weighted by atomic mass is 9.96. The van der Waals surface area contributed by atoms with E-state index in [1.165, 1.54) is 10.9 Å². The fourth-order valence-corrected chi connectivity index (χ4v) is 2.99. The molecule has 0 unspecified atom stereocenters. The molecule has 6 nitrogen and oxygen atoms in total. The molecule has 0 amide bonds.